The number of benzene rings is 2. The van der Waals surface area contributed by atoms with E-state index in [1.54, 1.807) is 42.5 Å². The van der Waals surface area contributed by atoms with Crippen molar-refractivity contribution in [1.29, 1.82) is 0 Å². The second-order valence-corrected chi connectivity index (χ2v) is 13.0. The summed E-state index contributed by atoms with van der Waals surface area (Å²) in [4.78, 5) is 0.445. The number of aryl methyl sites for hydroxylation is 2. The summed E-state index contributed by atoms with van der Waals surface area (Å²) in [6.45, 7) is 13.1. The molecule has 0 unspecified atom stereocenters. The van der Waals surface area contributed by atoms with E-state index in [1.807, 2.05) is 20.8 Å². The van der Waals surface area contributed by atoms with Gasteiger partial charge in [0.25, 0.3) is 0 Å². The molecule has 2 aromatic carbocycles. The van der Waals surface area contributed by atoms with Gasteiger partial charge in [-0.2, -0.15) is 0 Å². The first-order valence-corrected chi connectivity index (χ1v) is 15.7. The molecule has 216 valence electrons. The van der Waals surface area contributed by atoms with Gasteiger partial charge in [-0.15, -0.1) is 37.8 Å². The molecule has 0 saturated heterocycles. The third kappa shape index (κ3) is 12.3. The maximum Gasteiger partial charge on any atom is 0.241 e. The molecule has 0 aliphatic carbocycles. The maximum atomic E-state index is 12.3. The molecule has 9 heteroatoms. The van der Waals surface area contributed by atoms with Gasteiger partial charge in [-0.1, -0.05) is 54.5 Å². The smallest absolute Gasteiger partial charge is 0.241 e. The largest absolute Gasteiger partial charge is 0.392 e. The Morgan fingerprint density at radius 3 is 1.50 bits per heavy atom. The first-order valence-electron chi connectivity index (χ1n) is 12.8. The number of terminal acetylenes is 2. The van der Waals surface area contributed by atoms with E-state index in [-0.39, 0.29) is 34.6 Å². The lowest BCUT2D eigenvalue weighted by Gasteiger charge is -2.18. The molecule has 2 aromatic rings. The van der Waals surface area contributed by atoms with Crippen LogP contribution in [0.4, 0.5) is 0 Å². The summed E-state index contributed by atoms with van der Waals surface area (Å²) in [7, 11) is -7.15. The Kier molecular flexibility index (Phi) is 14.6. The average Bonchev–Trinajstić information content (AvgIpc) is 2.88. The fourth-order valence-electron chi connectivity index (χ4n) is 3.58. The van der Waals surface area contributed by atoms with Crippen LogP contribution in [-0.2, 0) is 20.0 Å². The number of aliphatic hydroxyl groups excluding tert-OH is 1. The molecule has 0 aromatic heterocycles. The summed E-state index contributed by atoms with van der Waals surface area (Å²) in [5, 5.41) is 9.63. The van der Waals surface area contributed by atoms with E-state index in [1.165, 1.54) is 18.2 Å². The van der Waals surface area contributed by atoms with Crippen LogP contribution < -0.4 is 9.44 Å². The minimum Gasteiger partial charge on any atom is -0.392 e. The van der Waals surface area contributed by atoms with Crippen molar-refractivity contribution >= 4 is 20.0 Å². The number of hydrogen-bond donors (Lipinski definition) is 3. The molecule has 0 bridgehead atoms. The Morgan fingerprint density at radius 2 is 1.15 bits per heavy atom. The van der Waals surface area contributed by atoms with E-state index in [0.29, 0.717) is 12.8 Å². The standard InChI is InChI=1S/C16H21NO2S.C15H19NO3S/c1-5-7-14(4)12-15(6-2)17-20(18,19)16-10-8-13(3)9-11-16;1-4-6-14(17)11-13(5-2)16-20(18,19)15-9-7-12(3)8-10-15/h1,6,8-11,14-15,17H,2,7,12H2,3-4H3;1,5,7-10,13-14,16-17H,2,6,11H2,3H3/t14-,15-;13-,14-/m11/s1. The third-order valence-corrected chi connectivity index (χ3v) is 8.86. The summed E-state index contributed by atoms with van der Waals surface area (Å²) in [6, 6.07) is 12.4. The van der Waals surface area contributed by atoms with Gasteiger partial charge >= 0.3 is 0 Å². The van der Waals surface area contributed by atoms with Crippen LogP contribution in [0.15, 0.2) is 83.6 Å². The van der Waals surface area contributed by atoms with Crippen molar-refractivity contribution in [1.82, 2.24) is 9.44 Å². The summed E-state index contributed by atoms with van der Waals surface area (Å²) in [6.07, 6.45) is 14.3. The summed E-state index contributed by atoms with van der Waals surface area (Å²) in [5.74, 6) is 5.16. The fraction of sp³-hybridized carbons (Fsp3) is 0.355. The number of hydrogen-bond acceptors (Lipinski definition) is 5. The molecule has 0 spiro atoms. The average molecular weight is 585 g/mol. The van der Waals surface area contributed by atoms with Gasteiger partial charge in [-0.3, -0.25) is 0 Å². The molecule has 0 aliphatic heterocycles. The Balaban J connectivity index is 0.000000400. The van der Waals surface area contributed by atoms with Crippen molar-refractivity contribution in [3.8, 4) is 24.7 Å². The highest BCUT2D eigenvalue weighted by Crippen LogP contribution is 2.16. The van der Waals surface area contributed by atoms with Crippen LogP contribution in [-0.4, -0.2) is 40.1 Å². The van der Waals surface area contributed by atoms with E-state index in [2.05, 4.69) is 34.4 Å². The molecular formula is C31H40N2O5S2. The van der Waals surface area contributed by atoms with Crippen LogP contribution >= 0.6 is 0 Å². The van der Waals surface area contributed by atoms with Crippen molar-refractivity contribution in [2.45, 2.75) is 74.4 Å². The first kappa shape index (κ1) is 34.8. The molecule has 0 amide bonds. The van der Waals surface area contributed by atoms with E-state index in [0.717, 1.165) is 11.1 Å². The lowest BCUT2D eigenvalue weighted by atomic mass is 9.99. The molecule has 0 fully saturated rings. The minimum absolute atomic E-state index is 0.177. The van der Waals surface area contributed by atoms with Crippen LogP contribution in [0.3, 0.4) is 0 Å². The van der Waals surface area contributed by atoms with Gasteiger partial charge in [0.15, 0.2) is 0 Å². The van der Waals surface area contributed by atoms with Gasteiger partial charge in [0.2, 0.25) is 20.0 Å². The fourth-order valence-corrected chi connectivity index (χ4v) is 6.03. The Morgan fingerprint density at radius 1 is 0.775 bits per heavy atom. The third-order valence-electron chi connectivity index (χ3n) is 5.85. The lowest BCUT2D eigenvalue weighted by Crippen LogP contribution is -2.35. The number of rotatable bonds is 14. The van der Waals surface area contributed by atoms with Crippen molar-refractivity contribution in [2.24, 2.45) is 5.92 Å². The van der Waals surface area contributed by atoms with Crippen LogP contribution in [0.2, 0.25) is 0 Å². The Bertz CT molecular complexity index is 1280. The summed E-state index contributed by atoms with van der Waals surface area (Å²) in [5.41, 5.74) is 2.00. The Hall–Kier alpha value is -3.18. The predicted molar refractivity (Wildman–Crippen MR) is 162 cm³/mol. The molecule has 4 atom stereocenters. The van der Waals surface area contributed by atoms with Crippen molar-refractivity contribution < 1.29 is 21.9 Å². The van der Waals surface area contributed by atoms with E-state index in [9.17, 15) is 21.9 Å². The first-order chi connectivity index (χ1) is 18.8. The molecule has 0 radical (unpaired) electrons. The molecule has 0 aliphatic rings. The van der Waals surface area contributed by atoms with Gasteiger partial charge in [-0.05, 0) is 56.9 Å². The highest BCUT2D eigenvalue weighted by atomic mass is 32.2. The zero-order valence-electron chi connectivity index (χ0n) is 23.4. The van der Waals surface area contributed by atoms with Gasteiger partial charge in [-0.25, -0.2) is 26.3 Å². The molecule has 40 heavy (non-hydrogen) atoms. The van der Waals surface area contributed by atoms with Crippen molar-refractivity contribution in [2.75, 3.05) is 0 Å². The number of aliphatic hydroxyl groups is 1. The Labute approximate surface area is 240 Å². The normalized spacial score (nSPS) is 14.2. The van der Waals surface area contributed by atoms with Crippen LogP contribution in [0, 0.1) is 44.5 Å². The van der Waals surface area contributed by atoms with Gasteiger partial charge in [0.1, 0.15) is 0 Å². The second kappa shape index (κ2) is 16.8. The highest BCUT2D eigenvalue weighted by Gasteiger charge is 2.21. The topological polar surface area (TPSA) is 113 Å². The van der Waals surface area contributed by atoms with Gasteiger partial charge in [0.05, 0.1) is 15.9 Å². The predicted octanol–water partition coefficient (Wildman–Crippen LogP) is 4.48. The minimum atomic E-state index is -3.63. The van der Waals surface area contributed by atoms with Crippen LogP contribution in [0.25, 0.3) is 0 Å². The molecular weight excluding hydrogens is 544 g/mol. The van der Waals surface area contributed by atoms with E-state index < -0.39 is 32.2 Å². The molecule has 3 N–H and O–H groups in total. The number of sulfonamides is 2. The quantitative estimate of drug-likeness (QED) is 0.224. The zero-order chi connectivity index (χ0) is 30.3. The van der Waals surface area contributed by atoms with Crippen molar-refractivity contribution in [3.05, 3.63) is 85.0 Å². The van der Waals surface area contributed by atoms with Crippen molar-refractivity contribution in [3.63, 3.8) is 0 Å². The van der Waals surface area contributed by atoms with Gasteiger partial charge in [0, 0.05) is 24.9 Å². The lowest BCUT2D eigenvalue weighted by molar-refractivity contribution is 0.164. The van der Waals surface area contributed by atoms with E-state index >= 15 is 0 Å². The molecule has 2 rings (SSSR count). The number of nitrogens with one attached hydrogen (secondary N) is 2. The van der Waals surface area contributed by atoms with Crippen LogP contribution in [0.1, 0.15) is 43.7 Å². The summed E-state index contributed by atoms with van der Waals surface area (Å²) < 4.78 is 54.0. The van der Waals surface area contributed by atoms with E-state index in [4.69, 9.17) is 12.8 Å². The molecule has 0 heterocycles. The molecule has 0 saturated carbocycles. The zero-order valence-corrected chi connectivity index (χ0v) is 25.0. The monoisotopic (exact) mass is 584 g/mol. The summed E-state index contributed by atoms with van der Waals surface area (Å²) >= 11 is 0. The van der Waals surface area contributed by atoms with Gasteiger partial charge < -0.3 is 5.11 Å². The SMILES string of the molecule is C#CC[C@@H](C)C[C@@H](C=C)NS(=O)(=O)c1ccc(C)cc1.C#CC[C@@H](O)C[C@@H](C=C)NS(=O)(=O)c1ccc(C)cc1. The van der Waals surface area contributed by atoms with Crippen LogP contribution in [0.5, 0.6) is 0 Å². The second-order valence-electron chi connectivity index (χ2n) is 9.60. The maximum absolute atomic E-state index is 12.3. The highest BCUT2D eigenvalue weighted by molar-refractivity contribution is 7.89. The molecule has 7 nitrogen and oxygen atoms in total.